The monoisotopic (exact) mass is 307 g/mol. The molecule has 4 heteroatoms. The SMILES string of the molecule is Cn1cccc1[C@H]1CCCN1CC(=O)c1c[nH]c2ccccc12. The smallest absolute Gasteiger partial charge is 0.178 e. The van der Waals surface area contributed by atoms with Crippen molar-refractivity contribution in [3.63, 3.8) is 0 Å². The third kappa shape index (κ3) is 2.49. The lowest BCUT2D eigenvalue weighted by Crippen LogP contribution is -2.30. The van der Waals surface area contributed by atoms with Gasteiger partial charge in [-0.15, -0.1) is 0 Å². The minimum Gasteiger partial charge on any atom is -0.360 e. The number of ketones is 1. The highest BCUT2D eigenvalue weighted by Gasteiger charge is 2.29. The summed E-state index contributed by atoms with van der Waals surface area (Å²) in [5.41, 5.74) is 3.13. The first kappa shape index (κ1) is 14.3. The second kappa shape index (κ2) is 5.70. The summed E-state index contributed by atoms with van der Waals surface area (Å²) < 4.78 is 2.17. The lowest BCUT2D eigenvalue weighted by atomic mass is 10.1. The molecular formula is C19H21N3O. The molecule has 23 heavy (non-hydrogen) atoms. The van der Waals surface area contributed by atoms with Gasteiger partial charge in [0.2, 0.25) is 0 Å². The van der Waals surface area contributed by atoms with Crippen LogP contribution in [0.15, 0.2) is 48.8 Å². The van der Waals surface area contributed by atoms with E-state index in [1.165, 1.54) is 5.69 Å². The number of hydrogen-bond donors (Lipinski definition) is 1. The molecule has 1 aliphatic heterocycles. The normalized spacial score (nSPS) is 18.7. The van der Waals surface area contributed by atoms with Crippen LogP contribution < -0.4 is 0 Å². The molecule has 1 fully saturated rings. The minimum absolute atomic E-state index is 0.198. The maximum Gasteiger partial charge on any atom is 0.178 e. The molecule has 4 nitrogen and oxygen atoms in total. The van der Waals surface area contributed by atoms with Crippen LogP contribution in [0.3, 0.4) is 0 Å². The lowest BCUT2D eigenvalue weighted by molar-refractivity contribution is 0.0921. The number of aryl methyl sites for hydroxylation is 1. The van der Waals surface area contributed by atoms with Crippen LogP contribution in [-0.4, -0.2) is 33.3 Å². The van der Waals surface area contributed by atoms with Crippen LogP contribution in [0.1, 0.15) is 34.9 Å². The van der Waals surface area contributed by atoms with E-state index in [4.69, 9.17) is 0 Å². The molecule has 3 heterocycles. The minimum atomic E-state index is 0.198. The van der Waals surface area contributed by atoms with Crippen LogP contribution in [-0.2, 0) is 7.05 Å². The topological polar surface area (TPSA) is 41.0 Å². The number of aromatic amines is 1. The number of benzene rings is 1. The molecule has 1 aliphatic rings. The highest BCUT2D eigenvalue weighted by atomic mass is 16.1. The molecule has 3 aromatic rings. The Morgan fingerprint density at radius 3 is 2.96 bits per heavy atom. The molecule has 0 aliphatic carbocycles. The third-order valence-electron chi connectivity index (χ3n) is 4.93. The first-order valence-corrected chi connectivity index (χ1v) is 8.18. The molecule has 0 radical (unpaired) electrons. The molecule has 0 bridgehead atoms. The summed E-state index contributed by atoms with van der Waals surface area (Å²) in [4.78, 5) is 18.3. The summed E-state index contributed by atoms with van der Waals surface area (Å²) in [5, 5.41) is 1.02. The second-order valence-electron chi connectivity index (χ2n) is 6.34. The molecule has 1 aromatic carbocycles. The van der Waals surface area contributed by atoms with Gasteiger partial charge < -0.3 is 9.55 Å². The number of H-pyrrole nitrogens is 1. The van der Waals surface area contributed by atoms with Crippen molar-refractivity contribution in [3.8, 4) is 0 Å². The molecule has 1 atom stereocenters. The molecule has 0 unspecified atom stereocenters. The molecule has 1 N–H and O–H groups in total. The molecule has 0 saturated carbocycles. The van der Waals surface area contributed by atoms with Crippen molar-refractivity contribution in [1.82, 2.24) is 14.5 Å². The summed E-state index contributed by atoms with van der Waals surface area (Å²) in [6.07, 6.45) is 6.20. The van der Waals surface area contributed by atoms with Gasteiger partial charge >= 0.3 is 0 Å². The van der Waals surface area contributed by atoms with E-state index in [-0.39, 0.29) is 5.78 Å². The average Bonchev–Trinajstić information content (AvgIpc) is 3.26. The predicted molar refractivity (Wildman–Crippen MR) is 91.6 cm³/mol. The Hall–Kier alpha value is -2.33. The van der Waals surface area contributed by atoms with E-state index in [9.17, 15) is 4.79 Å². The fourth-order valence-corrected chi connectivity index (χ4v) is 3.74. The number of rotatable bonds is 4. The van der Waals surface area contributed by atoms with Crippen LogP contribution in [0, 0.1) is 0 Å². The summed E-state index contributed by atoms with van der Waals surface area (Å²) in [7, 11) is 2.08. The van der Waals surface area contributed by atoms with Crippen LogP contribution in [0.2, 0.25) is 0 Å². The number of likely N-dealkylation sites (tertiary alicyclic amines) is 1. The Morgan fingerprint density at radius 2 is 2.13 bits per heavy atom. The Kier molecular flexibility index (Phi) is 3.54. The van der Waals surface area contributed by atoms with Crippen molar-refractivity contribution in [2.75, 3.05) is 13.1 Å². The molecule has 1 saturated heterocycles. The quantitative estimate of drug-likeness (QED) is 0.749. The third-order valence-corrected chi connectivity index (χ3v) is 4.93. The number of carbonyl (C=O) groups is 1. The number of hydrogen-bond acceptors (Lipinski definition) is 2. The second-order valence-corrected chi connectivity index (χ2v) is 6.34. The van der Waals surface area contributed by atoms with Crippen molar-refractivity contribution >= 4 is 16.7 Å². The van der Waals surface area contributed by atoms with Crippen molar-refractivity contribution < 1.29 is 4.79 Å². The van der Waals surface area contributed by atoms with Gasteiger partial charge in [-0.25, -0.2) is 0 Å². The van der Waals surface area contributed by atoms with Crippen LogP contribution in [0.4, 0.5) is 0 Å². The van der Waals surface area contributed by atoms with Crippen molar-refractivity contribution in [2.45, 2.75) is 18.9 Å². The van der Waals surface area contributed by atoms with Crippen molar-refractivity contribution in [2.24, 2.45) is 7.05 Å². The number of Topliss-reactive ketones (excluding diaryl/α,β-unsaturated/α-hetero) is 1. The van der Waals surface area contributed by atoms with Gasteiger partial charge in [0, 0.05) is 41.6 Å². The van der Waals surface area contributed by atoms with E-state index in [0.717, 1.165) is 35.9 Å². The van der Waals surface area contributed by atoms with Crippen molar-refractivity contribution in [1.29, 1.82) is 0 Å². The fourth-order valence-electron chi connectivity index (χ4n) is 3.74. The zero-order valence-corrected chi connectivity index (χ0v) is 13.3. The Balaban J connectivity index is 1.57. The summed E-state index contributed by atoms with van der Waals surface area (Å²) in [6, 6.07) is 12.6. The fraction of sp³-hybridized carbons (Fsp3) is 0.316. The largest absolute Gasteiger partial charge is 0.360 e. The van der Waals surface area contributed by atoms with E-state index in [1.54, 1.807) is 0 Å². The van der Waals surface area contributed by atoms with Crippen molar-refractivity contribution in [3.05, 3.63) is 60.0 Å². The van der Waals surface area contributed by atoms with Gasteiger partial charge in [-0.3, -0.25) is 9.69 Å². The molecule has 118 valence electrons. The first-order chi connectivity index (χ1) is 11.2. The zero-order valence-electron chi connectivity index (χ0n) is 13.3. The standard InChI is InChI=1S/C19H21N3O/c1-21-10-4-8-17(21)18-9-5-11-22(18)13-19(23)15-12-20-16-7-3-2-6-14(15)16/h2-4,6-8,10,12,18,20H,5,9,11,13H2,1H3/t18-/m1/s1. The number of nitrogens with zero attached hydrogens (tertiary/aromatic N) is 2. The van der Waals surface area contributed by atoms with Crippen LogP contribution in [0.25, 0.3) is 10.9 Å². The van der Waals surface area contributed by atoms with Gasteiger partial charge in [-0.1, -0.05) is 18.2 Å². The number of nitrogens with one attached hydrogen (secondary N) is 1. The van der Waals surface area contributed by atoms with Crippen LogP contribution >= 0.6 is 0 Å². The van der Waals surface area contributed by atoms with E-state index in [0.29, 0.717) is 12.6 Å². The van der Waals surface area contributed by atoms with Crippen LogP contribution in [0.5, 0.6) is 0 Å². The van der Waals surface area contributed by atoms with E-state index < -0.39 is 0 Å². The molecule has 4 rings (SSSR count). The average molecular weight is 307 g/mol. The molecular weight excluding hydrogens is 286 g/mol. The Morgan fingerprint density at radius 1 is 1.26 bits per heavy atom. The van der Waals surface area contributed by atoms with Gasteiger partial charge in [-0.2, -0.15) is 0 Å². The molecule has 2 aromatic heterocycles. The first-order valence-electron chi connectivity index (χ1n) is 8.18. The number of aromatic nitrogens is 2. The van der Waals surface area contributed by atoms with Gasteiger partial charge in [0.15, 0.2) is 5.78 Å². The van der Waals surface area contributed by atoms with Gasteiger partial charge in [0.05, 0.1) is 12.6 Å². The van der Waals surface area contributed by atoms with Gasteiger partial charge in [-0.05, 0) is 37.6 Å². The maximum absolute atomic E-state index is 12.8. The van der Waals surface area contributed by atoms with E-state index in [1.807, 2.05) is 30.5 Å². The maximum atomic E-state index is 12.8. The number of para-hydroxylation sites is 1. The Bertz CT molecular complexity index is 845. The summed E-state index contributed by atoms with van der Waals surface area (Å²) >= 11 is 0. The van der Waals surface area contributed by atoms with Gasteiger partial charge in [0.1, 0.15) is 0 Å². The lowest BCUT2D eigenvalue weighted by Gasteiger charge is -2.24. The van der Waals surface area contributed by atoms with Gasteiger partial charge in [0.25, 0.3) is 0 Å². The molecule has 0 amide bonds. The predicted octanol–water partition coefficient (Wildman–Crippen LogP) is 3.53. The summed E-state index contributed by atoms with van der Waals surface area (Å²) in [5.74, 6) is 0.198. The number of carbonyl (C=O) groups excluding carboxylic acids is 1. The highest BCUT2D eigenvalue weighted by Crippen LogP contribution is 2.32. The Labute approximate surface area is 135 Å². The summed E-state index contributed by atoms with van der Waals surface area (Å²) in [6.45, 7) is 1.47. The zero-order chi connectivity index (χ0) is 15.8. The highest BCUT2D eigenvalue weighted by molar-refractivity contribution is 6.08. The van der Waals surface area contributed by atoms with E-state index in [2.05, 4.69) is 39.8 Å². The molecule has 0 spiro atoms. The van der Waals surface area contributed by atoms with E-state index >= 15 is 0 Å². The number of fused-ring (bicyclic) bond motifs is 1.